The number of fused-ring (bicyclic) bond motifs is 1. The Kier molecular flexibility index (Phi) is 2.28. The van der Waals surface area contributed by atoms with Gasteiger partial charge in [0.2, 0.25) is 0 Å². The van der Waals surface area contributed by atoms with Gasteiger partial charge in [0.05, 0.1) is 17.4 Å². The molecule has 4 nitrogen and oxygen atoms in total. The highest BCUT2D eigenvalue weighted by Crippen LogP contribution is 2.20. The lowest BCUT2D eigenvalue weighted by molar-refractivity contribution is 0.480. The van der Waals surface area contributed by atoms with Gasteiger partial charge in [-0.3, -0.25) is 4.98 Å². The molecule has 4 heteroatoms. The molecular formula is C10H11N3O. The van der Waals surface area contributed by atoms with Crippen LogP contribution in [0.25, 0.3) is 11.0 Å². The monoisotopic (exact) mass is 189 g/mol. The Morgan fingerprint density at radius 1 is 1.43 bits per heavy atom. The molecule has 1 aromatic carbocycles. The van der Waals surface area contributed by atoms with E-state index in [0.717, 1.165) is 5.69 Å². The second-order valence-electron chi connectivity index (χ2n) is 3.04. The number of phenols is 1. The molecule has 72 valence electrons. The van der Waals surface area contributed by atoms with Gasteiger partial charge in [-0.2, -0.15) is 0 Å². The molecule has 2 N–H and O–H groups in total. The summed E-state index contributed by atoms with van der Waals surface area (Å²) in [7, 11) is 1.84. The van der Waals surface area contributed by atoms with E-state index in [1.54, 1.807) is 18.3 Å². The van der Waals surface area contributed by atoms with E-state index in [-0.39, 0.29) is 5.75 Å². The van der Waals surface area contributed by atoms with Gasteiger partial charge in [0, 0.05) is 6.54 Å². The van der Waals surface area contributed by atoms with Gasteiger partial charge in [-0.05, 0) is 19.2 Å². The molecule has 2 aromatic rings. The lowest BCUT2D eigenvalue weighted by atomic mass is 10.2. The number of hydrogen-bond donors (Lipinski definition) is 2. The molecule has 0 bridgehead atoms. The third-order valence-electron chi connectivity index (χ3n) is 1.96. The number of nitrogens with one attached hydrogen (secondary N) is 1. The van der Waals surface area contributed by atoms with Gasteiger partial charge >= 0.3 is 0 Å². The van der Waals surface area contributed by atoms with E-state index >= 15 is 0 Å². The van der Waals surface area contributed by atoms with Crippen LogP contribution in [-0.4, -0.2) is 22.1 Å². The molecule has 1 heterocycles. The molecule has 1 aromatic heterocycles. The van der Waals surface area contributed by atoms with Crippen molar-refractivity contribution in [2.75, 3.05) is 7.05 Å². The standard InChI is InChI=1S/C10H11N3O/c1-11-5-7-6-12-8-3-2-4-9(14)10(8)13-7/h2-4,6,11,14H,5H2,1H3. The quantitative estimate of drug-likeness (QED) is 0.741. The average molecular weight is 189 g/mol. The summed E-state index contributed by atoms with van der Waals surface area (Å²) in [6.45, 7) is 0.650. The van der Waals surface area contributed by atoms with Gasteiger partial charge < -0.3 is 10.4 Å². The fraction of sp³-hybridized carbons (Fsp3) is 0.200. The van der Waals surface area contributed by atoms with Crippen LogP contribution >= 0.6 is 0 Å². The summed E-state index contributed by atoms with van der Waals surface area (Å²) in [6, 6.07) is 5.19. The summed E-state index contributed by atoms with van der Waals surface area (Å²) >= 11 is 0. The Morgan fingerprint density at radius 2 is 2.29 bits per heavy atom. The van der Waals surface area contributed by atoms with Crippen molar-refractivity contribution in [2.45, 2.75) is 6.54 Å². The van der Waals surface area contributed by atoms with Crippen LogP contribution in [-0.2, 0) is 6.54 Å². The summed E-state index contributed by atoms with van der Waals surface area (Å²) < 4.78 is 0. The van der Waals surface area contributed by atoms with Crippen molar-refractivity contribution < 1.29 is 5.11 Å². The predicted molar refractivity (Wildman–Crippen MR) is 54.0 cm³/mol. The first kappa shape index (κ1) is 8.90. The zero-order valence-corrected chi connectivity index (χ0v) is 7.86. The first-order valence-corrected chi connectivity index (χ1v) is 4.39. The summed E-state index contributed by atoms with van der Waals surface area (Å²) in [6.07, 6.45) is 1.71. The number of nitrogens with zero attached hydrogens (tertiary/aromatic N) is 2. The molecule has 0 spiro atoms. The fourth-order valence-electron chi connectivity index (χ4n) is 1.32. The Balaban J connectivity index is 2.58. The largest absolute Gasteiger partial charge is 0.506 e. The summed E-state index contributed by atoms with van der Waals surface area (Å²) in [4.78, 5) is 8.49. The van der Waals surface area contributed by atoms with Crippen LogP contribution in [0.4, 0.5) is 0 Å². The minimum Gasteiger partial charge on any atom is -0.506 e. The maximum absolute atomic E-state index is 9.54. The molecule has 0 aliphatic heterocycles. The molecule has 0 unspecified atom stereocenters. The number of rotatable bonds is 2. The van der Waals surface area contributed by atoms with Crippen molar-refractivity contribution in [2.24, 2.45) is 0 Å². The first-order valence-electron chi connectivity index (χ1n) is 4.39. The van der Waals surface area contributed by atoms with E-state index in [4.69, 9.17) is 0 Å². The third-order valence-corrected chi connectivity index (χ3v) is 1.96. The van der Waals surface area contributed by atoms with Gasteiger partial charge in [0.15, 0.2) is 0 Å². The lowest BCUT2D eigenvalue weighted by Gasteiger charge is -2.02. The number of para-hydroxylation sites is 1. The molecule has 0 aliphatic carbocycles. The van der Waals surface area contributed by atoms with Crippen molar-refractivity contribution in [3.8, 4) is 5.75 Å². The van der Waals surface area contributed by atoms with E-state index in [9.17, 15) is 5.11 Å². The molecular weight excluding hydrogens is 178 g/mol. The highest BCUT2D eigenvalue weighted by molar-refractivity contribution is 5.80. The number of benzene rings is 1. The third kappa shape index (κ3) is 1.52. The van der Waals surface area contributed by atoms with Crippen molar-refractivity contribution in [3.05, 3.63) is 30.1 Å². The summed E-state index contributed by atoms with van der Waals surface area (Å²) in [5.41, 5.74) is 2.09. The highest BCUT2D eigenvalue weighted by Gasteiger charge is 2.02. The topological polar surface area (TPSA) is 58.0 Å². The molecule has 2 rings (SSSR count). The maximum atomic E-state index is 9.54. The van der Waals surface area contributed by atoms with Crippen LogP contribution in [0.1, 0.15) is 5.69 Å². The van der Waals surface area contributed by atoms with E-state index in [2.05, 4.69) is 15.3 Å². The lowest BCUT2D eigenvalue weighted by Crippen LogP contribution is -2.07. The predicted octanol–water partition coefficient (Wildman–Crippen LogP) is 1.05. The normalized spacial score (nSPS) is 10.6. The molecule has 0 saturated carbocycles. The van der Waals surface area contributed by atoms with Gasteiger partial charge in [-0.1, -0.05) is 6.07 Å². The van der Waals surface area contributed by atoms with Gasteiger partial charge in [-0.25, -0.2) is 4.98 Å². The number of phenolic OH excluding ortho intramolecular Hbond substituents is 1. The molecule has 0 saturated heterocycles. The molecule has 0 fully saturated rings. The molecule has 0 aliphatic rings. The van der Waals surface area contributed by atoms with E-state index in [0.29, 0.717) is 17.6 Å². The van der Waals surface area contributed by atoms with Gasteiger partial charge in [0.25, 0.3) is 0 Å². The van der Waals surface area contributed by atoms with Crippen LogP contribution in [0.5, 0.6) is 5.75 Å². The molecule has 14 heavy (non-hydrogen) atoms. The molecule has 0 radical (unpaired) electrons. The Bertz CT molecular complexity index is 456. The van der Waals surface area contributed by atoms with E-state index < -0.39 is 0 Å². The fourth-order valence-corrected chi connectivity index (χ4v) is 1.32. The van der Waals surface area contributed by atoms with E-state index in [1.165, 1.54) is 0 Å². The van der Waals surface area contributed by atoms with Crippen LogP contribution in [0.15, 0.2) is 24.4 Å². The maximum Gasteiger partial charge on any atom is 0.143 e. The van der Waals surface area contributed by atoms with Crippen molar-refractivity contribution in [1.82, 2.24) is 15.3 Å². The van der Waals surface area contributed by atoms with Crippen LogP contribution in [0, 0.1) is 0 Å². The zero-order valence-electron chi connectivity index (χ0n) is 7.86. The average Bonchev–Trinajstić information content (AvgIpc) is 2.20. The highest BCUT2D eigenvalue weighted by atomic mass is 16.3. The summed E-state index contributed by atoms with van der Waals surface area (Å²) in [5, 5.41) is 12.5. The SMILES string of the molecule is CNCc1cnc2cccc(O)c2n1. The number of aromatic hydroxyl groups is 1. The second-order valence-corrected chi connectivity index (χ2v) is 3.04. The Labute approximate surface area is 81.6 Å². The van der Waals surface area contributed by atoms with Gasteiger partial charge in [-0.15, -0.1) is 0 Å². The Morgan fingerprint density at radius 3 is 3.07 bits per heavy atom. The minimum absolute atomic E-state index is 0.174. The second kappa shape index (κ2) is 3.59. The zero-order chi connectivity index (χ0) is 9.97. The molecule has 0 atom stereocenters. The summed E-state index contributed by atoms with van der Waals surface area (Å²) in [5.74, 6) is 0.174. The van der Waals surface area contributed by atoms with Crippen LogP contribution in [0.2, 0.25) is 0 Å². The van der Waals surface area contributed by atoms with Crippen molar-refractivity contribution in [1.29, 1.82) is 0 Å². The Hall–Kier alpha value is -1.68. The first-order chi connectivity index (χ1) is 6.81. The molecule has 0 amide bonds. The number of aromatic nitrogens is 2. The smallest absolute Gasteiger partial charge is 0.143 e. The van der Waals surface area contributed by atoms with Crippen LogP contribution in [0.3, 0.4) is 0 Å². The number of hydrogen-bond acceptors (Lipinski definition) is 4. The van der Waals surface area contributed by atoms with E-state index in [1.807, 2.05) is 13.1 Å². The van der Waals surface area contributed by atoms with Gasteiger partial charge in [0.1, 0.15) is 11.3 Å². The minimum atomic E-state index is 0.174. The van der Waals surface area contributed by atoms with Crippen molar-refractivity contribution >= 4 is 11.0 Å². The van der Waals surface area contributed by atoms with Crippen LogP contribution < -0.4 is 5.32 Å². The van der Waals surface area contributed by atoms with Crippen molar-refractivity contribution in [3.63, 3.8) is 0 Å².